The van der Waals surface area contributed by atoms with Gasteiger partial charge in [-0.2, -0.15) is 0 Å². The SMILES string of the molecule is CCC(C)C1CN(CC2(C)CCCC2)C(C(C)C)CN1. The van der Waals surface area contributed by atoms with Gasteiger partial charge in [-0.3, -0.25) is 4.90 Å². The van der Waals surface area contributed by atoms with Gasteiger partial charge >= 0.3 is 0 Å². The highest BCUT2D eigenvalue weighted by Gasteiger charge is 2.37. The van der Waals surface area contributed by atoms with Gasteiger partial charge in [0.2, 0.25) is 0 Å². The van der Waals surface area contributed by atoms with Crippen LogP contribution >= 0.6 is 0 Å². The first kappa shape index (κ1) is 16.3. The summed E-state index contributed by atoms with van der Waals surface area (Å²) in [7, 11) is 0. The van der Waals surface area contributed by atoms with Crippen LogP contribution in [0.4, 0.5) is 0 Å². The second-order valence-corrected chi connectivity index (χ2v) is 8.16. The quantitative estimate of drug-likeness (QED) is 0.821. The summed E-state index contributed by atoms with van der Waals surface area (Å²) in [6, 6.07) is 1.42. The fourth-order valence-electron chi connectivity index (χ4n) is 4.24. The molecule has 2 aliphatic rings. The molecule has 1 aliphatic carbocycles. The van der Waals surface area contributed by atoms with Gasteiger partial charge in [0.15, 0.2) is 0 Å². The lowest BCUT2D eigenvalue weighted by molar-refractivity contribution is 0.0453. The molecule has 2 rings (SSSR count). The zero-order chi connectivity index (χ0) is 14.8. The molecule has 3 unspecified atom stereocenters. The second-order valence-electron chi connectivity index (χ2n) is 8.16. The number of hydrogen-bond acceptors (Lipinski definition) is 2. The van der Waals surface area contributed by atoms with E-state index < -0.39 is 0 Å². The van der Waals surface area contributed by atoms with E-state index in [4.69, 9.17) is 0 Å². The highest BCUT2D eigenvalue weighted by atomic mass is 15.2. The Morgan fingerprint density at radius 1 is 1.20 bits per heavy atom. The van der Waals surface area contributed by atoms with Crippen molar-refractivity contribution in [2.45, 2.75) is 78.8 Å². The Balaban J connectivity index is 2.02. The predicted octanol–water partition coefficient (Wildman–Crippen LogP) is 3.91. The van der Waals surface area contributed by atoms with Gasteiger partial charge in [-0.15, -0.1) is 0 Å². The summed E-state index contributed by atoms with van der Waals surface area (Å²) < 4.78 is 0. The molecule has 2 fully saturated rings. The molecular weight excluding hydrogens is 244 g/mol. The maximum absolute atomic E-state index is 3.83. The average molecular weight is 280 g/mol. The number of nitrogens with zero attached hydrogens (tertiary/aromatic N) is 1. The maximum atomic E-state index is 3.83. The third-order valence-corrected chi connectivity index (χ3v) is 5.99. The molecule has 0 bridgehead atoms. The smallest absolute Gasteiger partial charge is 0.0244 e. The minimum Gasteiger partial charge on any atom is -0.311 e. The van der Waals surface area contributed by atoms with Gasteiger partial charge in [0.1, 0.15) is 0 Å². The van der Waals surface area contributed by atoms with E-state index in [1.807, 2.05) is 0 Å². The number of piperazine rings is 1. The van der Waals surface area contributed by atoms with Crippen molar-refractivity contribution in [2.24, 2.45) is 17.3 Å². The lowest BCUT2D eigenvalue weighted by Crippen LogP contribution is -2.61. The lowest BCUT2D eigenvalue weighted by Gasteiger charge is -2.47. The summed E-state index contributed by atoms with van der Waals surface area (Å²) in [5, 5.41) is 3.83. The fraction of sp³-hybridized carbons (Fsp3) is 1.00. The van der Waals surface area contributed by atoms with E-state index in [1.165, 1.54) is 51.7 Å². The first-order valence-electron chi connectivity index (χ1n) is 8.92. The molecule has 1 N–H and O–H groups in total. The van der Waals surface area contributed by atoms with Crippen molar-refractivity contribution in [1.29, 1.82) is 0 Å². The Bertz CT molecular complexity index is 294. The van der Waals surface area contributed by atoms with Crippen LogP contribution in [0.5, 0.6) is 0 Å². The second kappa shape index (κ2) is 6.79. The van der Waals surface area contributed by atoms with Crippen molar-refractivity contribution in [3.8, 4) is 0 Å². The van der Waals surface area contributed by atoms with Crippen LogP contribution in [0.3, 0.4) is 0 Å². The monoisotopic (exact) mass is 280 g/mol. The van der Waals surface area contributed by atoms with Crippen LogP contribution in [0.2, 0.25) is 0 Å². The Labute approximate surface area is 126 Å². The topological polar surface area (TPSA) is 15.3 Å². The van der Waals surface area contributed by atoms with Crippen molar-refractivity contribution >= 4 is 0 Å². The number of nitrogens with one attached hydrogen (secondary N) is 1. The zero-order valence-electron chi connectivity index (χ0n) is 14.4. The van der Waals surface area contributed by atoms with Crippen molar-refractivity contribution in [1.82, 2.24) is 10.2 Å². The van der Waals surface area contributed by atoms with Gasteiger partial charge in [0, 0.05) is 31.7 Å². The van der Waals surface area contributed by atoms with Crippen LogP contribution in [0.15, 0.2) is 0 Å². The highest BCUT2D eigenvalue weighted by molar-refractivity contribution is 4.93. The number of hydrogen-bond donors (Lipinski definition) is 1. The Kier molecular flexibility index (Phi) is 5.53. The van der Waals surface area contributed by atoms with Crippen LogP contribution in [-0.2, 0) is 0 Å². The van der Waals surface area contributed by atoms with Gasteiger partial charge in [-0.25, -0.2) is 0 Å². The van der Waals surface area contributed by atoms with E-state index in [2.05, 4.69) is 44.8 Å². The minimum absolute atomic E-state index is 0.588. The van der Waals surface area contributed by atoms with Gasteiger partial charge in [0.25, 0.3) is 0 Å². The Hall–Kier alpha value is -0.0800. The fourth-order valence-corrected chi connectivity index (χ4v) is 4.24. The van der Waals surface area contributed by atoms with Gasteiger partial charge in [0.05, 0.1) is 0 Å². The van der Waals surface area contributed by atoms with E-state index in [1.54, 1.807) is 0 Å². The van der Waals surface area contributed by atoms with Crippen LogP contribution in [0.1, 0.15) is 66.7 Å². The van der Waals surface area contributed by atoms with Crippen LogP contribution in [0.25, 0.3) is 0 Å². The summed E-state index contributed by atoms with van der Waals surface area (Å²) in [6.07, 6.45) is 7.06. The largest absolute Gasteiger partial charge is 0.311 e. The molecule has 0 radical (unpaired) electrons. The summed E-state index contributed by atoms with van der Waals surface area (Å²) in [5.74, 6) is 1.55. The van der Waals surface area contributed by atoms with Crippen LogP contribution < -0.4 is 5.32 Å². The van der Waals surface area contributed by atoms with Crippen LogP contribution in [-0.4, -0.2) is 36.6 Å². The molecule has 1 aliphatic heterocycles. The molecule has 0 spiro atoms. The van der Waals surface area contributed by atoms with E-state index in [0.29, 0.717) is 11.5 Å². The zero-order valence-corrected chi connectivity index (χ0v) is 14.4. The third-order valence-electron chi connectivity index (χ3n) is 5.99. The molecule has 1 saturated heterocycles. The van der Waals surface area contributed by atoms with Crippen LogP contribution in [0, 0.1) is 17.3 Å². The van der Waals surface area contributed by atoms with Crippen molar-refractivity contribution in [2.75, 3.05) is 19.6 Å². The Morgan fingerprint density at radius 2 is 1.85 bits per heavy atom. The summed E-state index contributed by atoms with van der Waals surface area (Å²) in [5.41, 5.74) is 0.588. The van der Waals surface area contributed by atoms with Gasteiger partial charge in [-0.1, -0.05) is 53.9 Å². The highest BCUT2D eigenvalue weighted by Crippen LogP contribution is 2.39. The average Bonchev–Trinajstić information content (AvgIpc) is 2.83. The van der Waals surface area contributed by atoms with E-state index in [-0.39, 0.29) is 0 Å². The summed E-state index contributed by atoms with van der Waals surface area (Å²) >= 11 is 0. The Morgan fingerprint density at radius 3 is 2.40 bits per heavy atom. The summed E-state index contributed by atoms with van der Waals surface area (Å²) in [6.45, 7) is 15.8. The lowest BCUT2D eigenvalue weighted by atomic mass is 9.85. The predicted molar refractivity (Wildman–Crippen MR) is 88.0 cm³/mol. The minimum atomic E-state index is 0.588. The van der Waals surface area contributed by atoms with Gasteiger partial charge in [-0.05, 0) is 30.1 Å². The van der Waals surface area contributed by atoms with E-state index in [9.17, 15) is 0 Å². The van der Waals surface area contributed by atoms with Gasteiger partial charge < -0.3 is 5.32 Å². The van der Waals surface area contributed by atoms with E-state index in [0.717, 1.165) is 17.9 Å². The molecule has 118 valence electrons. The standard InChI is InChI=1S/C18H36N2/c1-6-15(4)16-12-20(17(11-19-16)14(2)3)13-18(5)9-7-8-10-18/h14-17,19H,6-13H2,1-5H3. The third kappa shape index (κ3) is 3.76. The van der Waals surface area contributed by atoms with Crippen molar-refractivity contribution in [3.05, 3.63) is 0 Å². The first-order valence-corrected chi connectivity index (χ1v) is 8.92. The molecule has 1 heterocycles. The molecule has 0 amide bonds. The normalized spacial score (nSPS) is 32.7. The molecule has 3 atom stereocenters. The molecule has 2 nitrogen and oxygen atoms in total. The molecule has 0 aromatic carbocycles. The van der Waals surface area contributed by atoms with Crippen molar-refractivity contribution < 1.29 is 0 Å². The molecule has 2 heteroatoms. The number of rotatable bonds is 5. The van der Waals surface area contributed by atoms with E-state index >= 15 is 0 Å². The molecule has 0 aromatic rings. The maximum Gasteiger partial charge on any atom is 0.0244 e. The summed E-state index contributed by atoms with van der Waals surface area (Å²) in [4.78, 5) is 2.84. The molecule has 1 saturated carbocycles. The first-order chi connectivity index (χ1) is 9.45. The molecule has 0 aromatic heterocycles. The molecular formula is C18H36N2. The molecule has 20 heavy (non-hydrogen) atoms. The van der Waals surface area contributed by atoms with Crippen molar-refractivity contribution in [3.63, 3.8) is 0 Å².